The average molecular weight is 160 g/mol. The van der Waals surface area contributed by atoms with Crippen molar-refractivity contribution in [2.45, 2.75) is 39.0 Å². The Kier molecular flexibility index (Phi) is 1.18. The van der Waals surface area contributed by atoms with Gasteiger partial charge in [0.2, 0.25) is 0 Å². The van der Waals surface area contributed by atoms with Crippen LogP contribution in [0.2, 0.25) is 0 Å². The standard InChI is InChI=1S/C12H16/c1-2-12-6-9-3-10(7-12)5-11(4-9)8-12/h3,6,11H,2,4-5,7-8H2,1H3. The fraction of sp³-hybridized carbons (Fsp3) is 0.667. The van der Waals surface area contributed by atoms with Gasteiger partial charge in [0.25, 0.3) is 0 Å². The highest BCUT2D eigenvalue weighted by molar-refractivity contribution is 5.38. The van der Waals surface area contributed by atoms with Crippen LogP contribution < -0.4 is 0 Å². The predicted molar refractivity (Wildman–Crippen MR) is 50.8 cm³/mol. The van der Waals surface area contributed by atoms with E-state index in [9.17, 15) is 0 Å². The fourth-order valence-electron chi connectivity index (χ4n) is 3.50. The quantitative estimate of drug-likeness (QED) is 0.551. The molecule has 2 atom stereocenters. The van der Waals surface area contributed by atoms with E-state index in [4.69, 9.17) is 0 Å². The van der Waals surface area contributed by atoms with Gasteiger partial charge in [0, 0.05) is 0 Å². The van der Waals surface area contributed by atoms with Crippen molar-refractivity contribution >= 4 is 0 Å². The molecule has 4 aliphatic rings. The van der Waals surface area contributed by atoms with Crippen molar-refractivity contribution in [3.05, 3.63) is 23.3 Å². The molecule has 0 saturated heterocycles. The normalized spacial score (nSPS) is 42.9. The van der Waals surface area contributed by atoms with Gasteiger partial charge in [-0.1, -0.05) is 30.2 Å². The predicted octanol–water partition coefficient (Wildman–Crippen LogP) is 3.45. The van der Waals surface area contributed by atoms with Gasteiger partial charge in [-0.25, -0.2) is 0 Å². The molecule has 1 fully saturated rings. The first-order valence-corrected chi connectivity index (χ1v) is 5.21. The summed E-state index contributed by atoms with van der Waals surface area (Å²) in [6.45, 7) is 2.35. The van der Waals surface area contributed by atoms with Crippen molar-refractivity contribution in [2.75, 3.05) is 0 Å². The van der Waals surface area contributed by atoms with Crippen LogP contribution in [0.3, 0.4) is 0 Å². The van der Waals surface area contributed by atoms with Crippen LogP contribution >= 0.6 is 0 Å². The minimum absolute atomic E-state index is 0.612. The average Bonchev–Trinajstić information content (AvgIpc) is 2.02. The maximum absolute atomic E-state index is 2.58. The molecule has 0 heteroatoms. The van der Waals surface area contributed by atoms with E-state index >= 15 is 0 Å². The van der Waals surface area contributed by atoms with E-state index in [0.29, 0.717) is 5.41 Å². The van der Waals surface area contributed by atoms with E-state index in [1.54, 1.807) is 11.1 Å². The van der Waals surface area contributed by atoms with Crippen molar-refractivity contribution in [1.82, 2.24) is 0 Å². The summed E-state index contributed by atoms with van der Waals surface area (Å²) in [4.78, 5) is 0. The smallest absolute Gasteiger partial charge is 0.00749 e. The first-order chi connectivity index (χ1) is 5.80. The van der Waals surface area contributed by atoms with E-state index in [1.165, 1.54) is 32.1 Å². The molecule has 64 valence electrons. The summed E-state index contributed by atoms with van der Waals surface area (Å²) in [6, 6.07) is 0. The van der Waals surface area contributed by atoms with Crippen molar-refractivity contribution in [1.29, 1.82) is 0 Å². The Balaban J connectivity index is 2.10. The van der Waals surface area contributed by atoms with Gasteiger partial charge in [-0.15, -0.1) is 0 Å². The Bertz CT molecular complexity index is 282. The molecule has 0 aromatic rings. The number of allylic oxidation sites excluding steroid dienone is 4. The molecule has 0 N–H and O–H groups in total. The van der Waals surface area contributed by atoms with E-state index < -0.39 is 0 Å². The second-order valence-electron chi connectivity index (χ2n) is 4.89. The largest absolute Gasteiger partial charge is 0.0748 e. The minimum atomic E-state index is 0.612. The molecule has 0 aromatic heterocycles. The molecular weight excluding hydrogens is 144 g/mol. The van der Waals surface area contributed by atoms with Crippen LogP contribution in [-0.4, -0.2) is 0 Å². The van der Waals surface area contributed by atoms with Crippen molar-refractivity contribution in [2.24, 2.45) is 11.3 Å². The Labute approximate surface area is 74.4 Å². The van der Waals surface area contributed by atoms with E-state index in [2.05, 4.69) is 19.1 Å². The Morgan fingerprint density at radius 1 is 1.50 bits per heavy atom. The number of hydrogen-bond acceptors (Lipinski definition) is 0. The summed E-state index contributed by atoms with van der Waals surface area (Å²) in [6.07, 6.45) is 12.0. The highest BCUT2D eigenvalue weighted by Crippen LogP contribution is 2.54. The first kappa shape index (κ1) is 6.94. The van der Waals surface area contributed by atoms with Crippen molar-refractivity contribution < 1.29 is 0 Å². The SMILES string of the molecule is CCC12C=C3C=C(CC(C3)C1)C2. The molecule has 0 aliphatic heterocycles. The molecule has 0 nitrogen and oxygen atoms in total. The van der Waals surface area contributed by atoms with Gasteiger partial charge in [-0.3, -0.25) is 0 Å². The summed E-state index contributed by atoms with van der Waals surface area (Å²) in [5.41, 5.74) is 4.01. The lowest BCUT2D eigenvalue weighted by atomic mass is 9.58. The van der Waals surface area contributed by atoms with Crippen LogP contribution in [0.1, 0.15) is 39.0 Å². The third kappa shape index (κ3) is 0.784. The third-order valence-electron chi connectivity index (χ3n) is 3.93. The van der Waals surface area contributed by atoms with Crippen LogP contribution in [0.15, 0.2) is 23.3 Å². The molecule has 4 aliphatic carbocycles. The van der Waals surface area contributed by atoms with E-state index in [-0.39, 0.29) is 0 Å². The first-order valence-electron chi connectivity index (χ1n) is 5.21. The van der Waals surface area contributed by atoms with Gasteiger partial charge in [-0.2, -0.15) is 0 Å². The molecule has 4 bridgehead atoms. The third-order valence-corrected chi connectivity index (χ3v) is 3.93. The van der Waals surface area contributed by atoms with Gasteiger partial charge in [0.15, 0.2) is 0 Å². The zero-order valence-electron chi connectivity index (χ0n) is 7.77. The topological polar surface area (TPSA) is 0 Å². The number of hydrogen-bond donors (Lipinski definition) is 0. The lowest BCUT2D eigenvalue weighted by Gasteiger charge is -2.47. The Hall–Kier alpha value is -0.520. The Morgan fingerprint density at radius 3 is 3.08 bits per heavy atom. The second kappa shape index (κ2) is 2.04. The zero-order valence-corrected chi connectivity index (χ0v) is 7.77. The summed E-state index contributed by atoms with van der Waals surface area (Å²) >= 11 is 0. The van der Waals surface area contributed by atoms with Gasteiger partial charge >= 0.3 is 0 Å². The molecule has 0 aromatic carbocycles. The second-order valence-corrected chi connectivity index (χ2v) is 4.89. The Morgan fingerprint density at radius 2 is 2.42 bits per heavy atom. The lowest BCUT2D eigenvalue weighted by molar-refractivity contribution is 0.200. The summed E-state index contributed by atoms with van der Waals surface area (Å²) in [7, 11) is 0. The molecule has 0 spiro atoms. The molecule has 0 amide bonds. The fourth-order valence-corrected chi connectivity index (χ4v) is 3.50. The van der Waals surface area contributed by atoms with Crippen molar-refractivity contribution in [3.63, 3.8) is 0 Å². The maximum Gasteiger partial charge on any atom is -0.00749 e. The zero-order chi connectivity index (χ0) is 8.18. The number of rotatable bonds is 1. The van der Waals surface area contributed by atoms with Gasteiger partial charge < -0.3 is 0 Å². The van der Waals surface area contributed by atoms with Crippen LogP contribution in [0.5, 0.6) is 0 Å². The molecule has 2 unspecified atom stereocenters. The van der Waals surface area contributed by atoms with E-state index in [1.807, 2.05) is 0 Å². The molecular formula is C12H16. The summed E-state index contributed by atoms with van der Waals surface area (Å²) in [5, 5.41) is 0. The minimum Gasteiger partial charge on any atom is -0.0748 e. The van der Waals surface area contributed by atoms with Gasteiger partial charge in [0.05, 0.1) is 0 Å². The van der Waals surface area contributed by atoms with E-state index in [0.717, 1.165) is 5.92 Å². The summed E-state index contributed by atoms with van der Waals surface area (Å²) in [5.74, 6) is 1.01. The molecule has 0 heterocycles. The molecule has 4 rings (SSSR count). The van der Waals surface area contributed by atoms with Crippen LogP contribution in [0.4, 0.5) is 0 Å². The van der Waals surface area contributed by atoms with Gasteiger partial charge in [-0.05, 0) is 43.4 Å². The highest BCUT2D eigenvalue weighted by Gasteiger charge is 2.41. The highest BCUT2D eigenvalue weighted by atomic mass is 14.5. The summed E-state index contributed by atoms with van der Waals surface area (Å²) < 4.78 is 0. The van der Waals surface area contributed by atoms with Crippen LogP contribution in [-0.2, 0) is 0 Å². The molecule has 12 heavy (non-hydrogen) atoms. The van der Waals surface area contributed by atoms with Crippen molar-refractivity contribution in [3.8, 4) is 0 Å². The van der Waals surface area contributed by atoms with Crippen LogP contribution in [0, 0.1) is 11.3 Å². The monoisotopic (exact) mass is 160 g/mol. The lowest BCUT2D eigenvalue weighted by Crippen LogP contribution is -2.34. The molecule has 0 radical (unpaired) electrons. The molecule has 1 saturated carbocycles. The maximum atomic E-state index is 2.58. The van der Waals surface area contributed by atoms with Gasteiger partial charge in [0.1, 0.15) is 0 Å². The van der Waals surface area contributed by atoms with Crippen LogP contribution in [0.25, 0.3) is 0 Å².